The Balaban J connectivity index is 1.83. The van der Waals surface area contributed by atoms with Gasteiger partial charge in [0.25, 0.3) is 5.91 Å². The maximum atomic E-state index is 13.8. The van der Waals surface area contributed by atoms with E-state index in [2.05, 4.69) is 4.98 Å². The monoisotopic (exact) mass is 535 g/mol. The van der Waals surface area contributed by atoms with Gasteiger partial charge in [0.1, 0.15) is 0 Å². The van der Waals surface area contributed by atoms with Crippen molar-refractivity contribution in [3.05, 3.63) is 100 Å². The zero-order valence-corrected chi connectivity index (χ0v) is 20.3. The van der Waals surface area contributed by atoms with Crippen LogP contribution in [0.25, 0.3) is 0 Å². The van der Waals surface area contributed by atoms with Crippen molar-refractivity contribution < 1.29 is 35.9 Å². The summed E-state index contributed by atoms with van der Waals surface area (Å²) in [4.78, 5) is 33.3. The number of carbonyl (C=O) groups excluding carboxylic acids is 2. The van der Waals surface area contributed by atoms with Crippen molar-refractivity contribution in [2.75, 3.05) is 20.6 Å². The Morgan fingerprint density at radius 3 is 2.11 bits per heavy atom. The van der Waals surface area contributed by atoms with Gasteiger partial charge in [0.05, 0.1) is 23.1 Å². The Kier molecular flexibility index (Phi) is 7.22. The average Bonchev–Trinajstić information content (AvgIpc) is 2.88. The molecular formula is C27H23F6N3O2. The van der Waals surface area contributed by atoms with E-state index in [9.17, 15) is 35.9 Å². The van der Waals surface area contributed by atoms with Crippen LogP contribution < -0.4 is 0 Å². The van der Waals surface area contributed by atoms with E-state index in [1.165, 1.54) is 31.1 Å². The van der Waals surface area contributed by atoms with Gasteiger partial charge in [-0.05, 0) is 59.5 Å². The Labute approximate surface area is 214 Å². The van der Waals surface area contributed by atoms with E-state index in [-0.39, 0.29) is 23.7 Å². The molecule has 2 unspecified atom stereocenters. The Hall–Kier alpha value is -3.89. The minimum absolute atomic E-state index is 0.0275. The van der Waals surface area contributed by atoms with Gasteiger partial charge in [0.15, 0.2) is 0 Å². The summed E-state index contributed by atoms with van der Waals surface area (Å²) in [6, 6.07) is 9.44. The second-order valence-electron chi connectivity index (χ2n) is 9.13. The van der Waals surface area contributed by atoms with Crippen LogP contribution in [-0.4, -0.2) is 47.2 Å². The molecule has 1 aliphatic rings. The molecule has 0 aliphatic carbocycles. The van der Waals surface area contributed by atoms with Gasteiger partial charge in [-0.25, -0.2) is 0 Å². The third-order valence-corrected chi connectivity index (χ3v) is 6.66. The number of alkyl halides is 6. The minimum atomic E-state index is -5.08. The lowest BCUT2D eigenvalue weighted by atomic mass is 9.78. The first-order valence-electron chi connectivity index (χ1n) is 11.6. The zero-order chi connectivity index (χ0) is 27.8. The molecule has 1 aliphatic heterocycles. The number of halogens is 6. The number of aromatic nitrogens is 1. The Morgan fingerprint density at radius 2 is 1.53 bits per heavy atom. The molecule has 0 fully saturated rings. The smallest absolute Gasteiger partial charge is 0.345 e. The molecule has 0 saturated carbocycles. The first-order valence-corrected chi connectivity index (χ1v) is 11.6. The first-order chi connectivity index (χ1) is 17.8. The number of pyridine rings is 1. The summed E-state index contributed by atoms with van der Waals surface area (Å²) in [7, 11) is 2.78. The molecule has 2 heterocycles. The highest BCUT2D eigenvalue weighted by Crippen LogP contribution is 2.45. The molecule has 2 atom stereocenters. The molecule has 0 radical (unpaired) electrons. The van der Waals surface area contributed by atoms with Gasteiger partial charge >= 0.3 is 12.4 Å². The van der Waals surface area contributed by atoms with Crippen molar-refractivity contribution >= 4 is 11.8 Å². The van der Waals surface area contributed by atoms with E-state index < -0.39 is 52.8 Å². The molecule has 5 nitrogen and oxygen atoms in total. The van der Waals surface area contributed by atoms with Crippen LogP contribution in [-0.2, 0) is 23.6 Å². The second-order valence-corrected chi connectivity index (χ2v) is 9.13. The van der Waals surface area contributed by atoms with Gasteiger partial charge in [-0.15, -0.1) is 0 Å². The summed E-state index contributed by atoms with van der Waals surface area (Å²) in [5, 5.41) is 0. The third-order valence-electron chi connectivity index (χ3n) is 6.66. The SMILES string of the molecule is CN(CCc1ccncc1)C(=O)C1c2ccccc2C(=O)N(C)C1c1cc(C(F)(F)F)cc(C(F)(F)F)c1. The third kappa shape index (κ3) is 5.36. The molecule has 2 amide bonds. The summed E-state index contributed by atoms with van der Waals surface area (Å²) in [5.41, 5.74) is -2.17. The van der Waals surface area contributed by atoms with E-state index in [0.717, 1.165) is 10.5 Å². The van der Waals surface area contributed by atoms with Crippen molar-refractivity contribution in [3.8, 4) is 0 Å². The lowest BCUT2D eigenvalue weighted by molar-refractivity contribution is -0.143. The lowest BCUT2D eigenvalue weighted by Crippen LogP contribution is -2.46. The maximum Gasteiger partial charge on any atom is 0.416 e. The highest BCUT2D eigenvalue weighted by Gasteiger charge is 2.45. The zero-order valence-electron chi connectivity index (χ0n) is 20.3. The molecule has 4 rings (SSSR count). The first kappa shape index (κ1) is 27.2. The van der Waals surface area contributed by atoms with Crippen LogP contribution in [0, 0.1) is 0 Å². The Bertz CT molecular complexity index is 1310. The molecule has 0 saturated heterocycles. The fourth-order valence-corrected chi connectivity index (χ4v) is 4.70. The fourth-order valence-electron chi connectivity index (χ4n) is 4.70. The van der Waals surface area contributed by atoms with Gasteiger partial charge in [-0.3, -0.25) is 14.6 Å². The number of benzene rings is 2. The number of likely N-dealkylation sites (N-methyl/N-ethyl adjacent to an activating group) is 2. The van der Waals surface area contributed by atoms with Gasteiger partial charge in [-0.1, -0.05) is 18.2 Å². The molecule has 200 valence electrons. The summed E-state index contributed by atoms with van der Waals surface area (Å²) >= 11 is 0. The Morgan fingerprint density at radius 1 is 0.947 bits per heavy atom. The summed E-state index contributed by atoms with van der Waals surface area (Å²) < 4.78 is 81.8. The van der Waals surface area contributed by atoms with Crippen molar-refractivity contribution in [3.63, 3.8) is 0 Å². The van der Waals surface area contributed by atoms with Crippen LogP contribution in [0.2, 0.25) is 0 Å². The lowest BCUT2D eigenvalue weighted by Gasteiger charge is -2.41. The van der Waals surface area contributed by atoms with Crippen LogP contribution in [0.4, 0.5) is 26.3 Å². The number of nitrogens with zero attached hydrogens (tertiary/aromatic N) is 3. The molecule has 1 aromatic heterocycles. The average molecular weight is 535 g/mol. The number of hydrogen-bond donors (Lipinski definition) is 0. The predicted octanol–water partition coefficient (Wildman–Crippen LogP) is 5.73. The quantitative estimate of drug-likeness (QED) is 0.392. The largest absolute Gasteiger partial charge is 0.416 e. The second kappa shape index (κ2) is 10.1. The van der Waals surface area contributed by atoms with E-state index in [1.54, 1.807) is 36.7 Å². The van der Waals surface area contributed by atoms with Crippen LogP contribution in [0.5, 0.6) is 0 Å². The van der Waals surface area contributed by atoms with Crippen molar-refractivity contribution in [1.82, 2.24) is 14.8 Å². The number of hydrogen-bond acceptors (Lipinski definition) is 3. The highest BCUT2D eigenvalue weighted by atomic mass is 19.4. The number of fused-ring (bicyclic) bond motifs is 1. The normalized spacial score (nSPS) is 17.8. The molecule has 2 aromatic carbocycles. The standard InChI is InChI=1S/C27H23F6N3O2/c1-35(12-9-16-7-10-34-11-8-16)25(38)22-20-5-3-4-6-21(20)24(37)36(2)23(22)17-13-18(26(28,29)30)15-19(14-17)27(31,32)33/h3-8,10-11,13-15,22-23H,9,12H2,1-2H3. The van der Waals surface area contributed by atoms with E-state index in [1.807, 2.05) is 0 Å². The van der Waals surface area contributed by atoms with Gasteiger partial charge < -0.3 is 9.80 Å². The van der Waals surface area contributed by atoms with Crippen molar-refractivity contribution in [2.45, 2.75) is 30.7 Å². The molecule has 11 heteroatoms. The van der Waals surface area contributed by atoms with Crippen LogP contribution in [0.15, 0.2) is 67.0 Å². The molecular weight excluding hydrogens is 512 g/mol. The van der Waals surface area contributed by atoms with E-state index in [4.69, 9.17) is 0 Å². The topological polar surface area (TPSA) is 53.5 Å². The number of carbonyl (C=O) groups is 2. The summed E-state index contributed by atoms with van der Waals surface area (Å²) in [5.74, 6) is -2.39. The highest BCUT2D eigenvalue weighted by molar-refractivity contribution is 6.01. The summed E-state index contributed by atoms with van der Waals surface area (Å²) in [6.07, 6.45) is -6.52. The predicted molar refractivity (Wildman–Crippen MR) is 126 cm³/mol. The van der Waals surface area contributed by atoms with E-state index in [0.29, 0.717) is 18.6 Å². The molecule has 38 heavy (non-hydrogen) atoms. The van der Waals surface area contributed by atoms with Gasteiger partial charge in [0, 0.05) is 38.6 Å². The van der Waals surface area contributed by atoms with Gasteiger partial charge in [0.2, 0.25) is 5.91 Å². The fraction of sp³-hybridized carbons (Fsp3) is 0.296. The van der Waals surface area contributed by atoms with Crippen molar-refractivity contribution in [2.24, 2.45) is 0 Å². The molecule has 3 aromatic rings. The minimum Gasteiger partial charge on any atom is -0.345 e. The molecule has 0 bridgehead atoms. The number of amides is 2. The van der Waals surface area contributed by atoms with Crippen LogP contribution in [0.3, 0.4) is 0 Å². The van der Waals surface area contributed by atoms with Crippen LogP contribution in [0.1, 0.15) is 50.1 Å². The summed E-state index contributed by atoms with van der Waals surface area (Å²) in [6.45, 7) is 0.224. The number of rotatable bonds is 5. The van der Waals surface area contributed by atoms with Gasteiger partial charge in [-0.2, -0.15) is 26.3 Å². The molecule has 0 spiro atoms. The van der Waals surface area contributed by atoms with Crippen molar-refractivity contribution in [1.29, 1.82) is 0 Å². The van der Waals surface area contributed by atoms with E-state index >= 15 is 0 Å². The maximum absolute atomic E-state index is 13.8. The molecule has 0 N–H and O–H groups in total. The van der Waals surface area contributed by atoms with Crippen LogP contribution >= 0.6 is 0 Å².